The number of aromatic nitrogens is 1. The Morgan fingerprint density at radius 1 is 1.40 bits per heavy atom. The number of pyridine rings is 1. The zero-order valence-corrected chi connectivity index (χ0v) is 9.28. The van der Waals surface area contributed by atoms with E-state index in [1.807, 2.05) is 24.3 Å². The molecule has 0 atom stereocenters. The van der Waals surface area contributed by atoms with Gasteiger partial charge in [0.2, 0.25) is 0 Å². The van der Waals surface area contributed by atoms with E-state index in [-0.39, 0.29) is 0 Å². The maximum absolute atomic E-state index is 10.7. The molecule has 4 nitrogen and oxygen atoms in total. The van der Waals surface area contributed by atoms with E-state index in [4.69, 9.17) is 5.73 Å². The van der Waals surface area contributed by atoms with Gasteiger partial charge in [-0.15, -0.1) is 0 Å². The Morgan fingerprint density at radius 3 is 2.87 bits per heavy atom. The molecule has 2 rings (SSSR count). The number of halogens is 1. The third kappa shape index (κ3) is 2.07. The average Bonchev–Trinajstić information content (AvgIpc) is 2.16. The topological polar surface area (TPSA) is 68.0 Å². The molecule has 0 spiro atoms. The molecule has 5 heteroatoms. The lowest BCUT2D eigenvalue weighted by atomic mass is 10.2. The van der Waals surface area contributed by atoms with Crippen LogP contribution in [-0.4, -0.2) is 11.0 Å². The van der Waals surface area contributed by atoms with Crippen molar-refractivity contribution in [3.63, 3.8) is 0 Å². The van der Waals surface area contributed by atoms with Crippen molar-refractivity contribution in [1.29, 1.82) is 0 Å². The van der Waals surface area contributed by atoms with Crippen molar-refractivity contribution >= 4 is 38.7 Å². The first-order valence-electron chi connectivity index (χ1n) is 4.28. The Morgan fingerprint density at radius 2 is 2.13 bits per heavy atom. The van der Waals surface area contributed by atoms with Gasteiger partial charge in [-0.05, 0) is 28.1 Å². The van der Waals surface area contributed by atoms with Crippen LogP contribution in [0.5, 0.6) is 0 Å². The molecule has 1 aromatic heterocycles. The summed E-state index contributed by atoms with van der Waals surface area (Å²) in [6, 6.07) is 8.72. The zero-order valence-electron chi connectivity index (χ0n) is 7.70. The van der Waals surface area contributed by atoms with Gasteiger partial charge in [0.25, 0.3) is 0 Å². The number of rotatable bonds is 1. The second-order valence-electron chi connectivity index (χ2n) is 3.00. The number of amides is 2. The van der Waals surface area contributed by atoms with Crippen LogP contribution in [0.4, 0.5) is 10.6 Å². The van der Waals surface area contributed by atoms with Gasteiger partial charge < -0.3 is 5.73 Å². The third-order valence-corrected chi connectivity index (χ3v) is 2.57. The highest BCUT2D eigenvalue weighted by atomic mass is 79.9. The highest BCUT2D eigenvalue weighted by Gasteiger charge is 2.03. The Kier molecular flexibility index (Phi) is 2.55. The summed E-state index contributed by atoms with van der Waals surface area (Å²) in [5.74, 6) is 0.438. The lowest BCUT2D eigenvalue weighted by Crippen LogP contribution is -2.19. The fourth-order valence-electron chi connectivity index (χ4n) is 1.32. The van der Waals surface area contributed by atoms with Gasteiger partial charge in [0, 0.05) is 9.86 Å². The fraction of sp³-hybridized carbons (Fsp3) is 0. The van der Waals surface area contributed by atoms with Gasteiger partial charge in [0.05, 0.1) is 5.52 Å². The molecule has 0 fully saturated rings. The van der Waals surface area contributed by atoms with E-state index in [1.54, 1.807) is 6.07 Å². The van der Waals surface area contributed by atoms with Gasteiger partial charge in [-0.2, -0.15) is 0 Å². The van der Waals surface area contributed by atoms with E-state index in [0.29, 0.717) is 5.82 Å². The Hall–Kier alpha value is -1.62. The van der Waals surface area contributed by atoms with Crippen molar-refractivity contribution in [2.45, 2.75) is 0 Å². The van der Waals surface area contributed by atoms with E-state index >= 15 is 0 Å². The third-order valence-electron chi connectivity index (χ3n) is 1.92. The number of benzene rings is 1. The molecule has 0 radical (unpaired) electrons. The minimum atomic E-state index is -0.621. The molecule has 0 bridgehead atoms. The van der Waals surface area contributed by atoms with E-state index in [9.17, 15) is 4.79 Å². The molecule has 1 heterocycles. The van der Waals surface area contributed by atoms with Crippen molar-refractivity contribution in [3.8, 4) is 0 Å². The molecule has 0 aliphatic rings. The standard InChI is InChI=1S/C10H8BrN3O/c11-7-5-9(14-10(12)15)13-8-4-2-1-3-6(7)8/h1-5H,(H3,12,13,14,15). The van der Waals surface area contributed by atoms with Crippen LogP contribution in [0.15, 0.2) is 34.8 Å². The number of hydrogen-bond donors (Lipinski definition) is 2. The number of nitrogens with two attached hydrogens (primary N) is 1. The van der Waals surface area contributed by atoms with Gasteiger partial charge in [-0.1, -0.05) is 18.2 Å². The summed E-state index contributed by atoms with van der Waals surface area (Å²) in [5, 5.41) is 3.43. The Balaban J connectivity index is 2.57. The predicted octanol–water partition coefficient (Wildman–Crippen LogP) is 2.49. The molecule has 0 saturated carbocycles. The van der Waals surface area contributed by atoms with Crippen LogP contribution in [0.3, 0.4) is 0 Å². The monoisotopic (exact) mass is 265 g/mol. The molecule has 2 aromatic rings. The largest absolute Gasteiger partial charge is 0.351 e. The first-order valence-corrected chi connectivity index (χ1v) is 5.08. The predicted molar refractivity (Wildman–Crippen MR) is 62.6 cm³/mol. The number of carbonyl (C=O) groups excluding carboxylic acids is 1. The Bertz CT molecular complexity index is 527. The van der Waals surface area contributed by atoms with Crippen LogP contribution in [0.2, 0.25) is 0 Å². The highest BCUT2D eigenvalue weighted by molar-refractivity contribution is 9.10. The van der Waals surface area contributed by atoms with Crippen LogP contribution in [-0.2, 0) is 0 Å². The molecule has 0 saturated heterocycles. The number of hydrogen-bond acceptors (Lipinski definition) is 2. The van der Waals surface area contributed by atoms with Crippen LogP contribution in [0.25, 0.3) is 10.9 Å². The van der Waals surface area contributed by atoms with Crippen LogP contribution in [0.1, 0.15) is 0 Å². The summed E-state index contributed by atoms with van der Waals surface area (Å²) in [5.41, 5.74) is 5.81. The maximum atomic E-state index is 10.7. The maximum Gasteiger partial charge on any atom is 0.317 e. The van der Waals surface area contributed by atoms with Crippen molar-refractivity contribution in [2.24, 2.45) is 5.73 Å². The first-order chi connectivity index (χ1) is 7.16. The highest BCUT2D eigenvalue weighted by Crippen LogP contribution is 2.25. The van der Waals surface area contributed by atoms with Gasteiger partial charge in [0.1, 0.15) is 5.82 Å². The SMILES string of the molecule is NC(=O)Nc1cc(Br)c2ccccc2n1. The number of para-hydroxylation sites is 1. The normalized spacial score (nSPS) is 10.2. The molecule has 76 valence electrons. The lowest BCUT2D eigenvalue weighted by Gasteiger charge is -2.04. The van der Waals surface area contributed by atoms with E-state index in [0.717, 1.165) is 15.4 Å². The average molecular weight is 266 g/mol. The number of fused-ring (bicyclic) bond motifs is 1. The summed E-state index contributed by atoms with van der Waals surface area (Å²) in [7, 11) is 0. The van der Waals surface area contributed by atoms with Gasteiger partial charge in [-0.25, -0.2) is 9.78 Å². The number of urea groups is 1. The van der Waals surface area contributed by atoms with E-state index in [2.05, 4.69) is 26.2 Å². The van der Waals surface area contributed by atoms with Crippen LogP contribution < -0.4 is 11.1 Å². The second kappa shape index (κ2) is 3.86. The van der Waals surface area contributed by atoms with Crippen LogP contribution in [0, 0.1) is 0 Å². The minimum Gasteiger partial charge on any atom is -0.351 e. The Labute approximate surface area is 94.6 Å². The minimum absolute atomic E-state index is 0.438. The summed E-state index contributed by atoms with van der Waals surface area (Å²) in [6.45, 7) is 0. The van der Waals surface area contributed by atoms with Gasteiger partial charge in [-0.3, -0.25) is 5.32 Å². The molecule has 0 aliphatic carbocycles. The molecule has 0 unspecified atom stereocenters. The van der Waals surface area contributed by atoms with Crippen molar-refractivity contribution in [1.82, 2.24) is 4.98 Å². The van der Waals surface area contributed by atoms with Crippen molar-refractivity contribution < 1.29 is 4.79 Å². The smallest absolute Gasteiger partial charge is 0.317 e. The van der Waals surface area contributed by atoms with Crippen molar-refractivity contribution in [2.75, 3.05) is 5.32 Å². The van der Waals surface area contributed by atoms with Gasteiger partial charge in [0.15, 0.2) is 0 Å². The first kappa shape index (κ1) is 9.92. The van der Waals surface area contributed by atoms with E-state index < -0.39 is 6.03 Å². The van der Waals surface area contributed by atoms with Crippen LogP contribution >= 0.6 is 15.9 Å². The quantitative estimate of drug-likeness (QED) is 0.832. The van der Waals surface area contributed by atoms with E-state index in [1.165, 1.54) is 0 Å². The zero-order chi connectivity index (χ0) is 10.8. The molecule has 3 N–H and O–H groups in total. The summed E-state index contributed by atoms with van der Waals surface area (Å²) in [6.07, 6.45) is 0. The number of primary amides is 1. The molecule has 2 amide bonds. The summed E-state index contributed by atoms with van der Waals surface area (Å²) in [4.78, 5) is 14.9. The second-order valence-corrected chi connectivity index (χ2v) is 3.85. The number of nitrogens with one attached hydrogen (secondary N) is 1. The summed E-state index contributed by atoms with van der Waals surface area (Å²) >= 11 is 3.41. The molecular weight excluding hydrogens is 258 g/mol. The number of anilines is 1. The van der Waals surface area contributed by atoms with Gasteiger partial charge >= 0.3 is 6.03 Å². The fourth-order valence-corrected chi connectivity index (χ4v) is 1.88. The molecule has 15 heavy (non-hydrogen) atoms. The molecule has 1 aromatic carbocycles. The number of nitrogens with zero attached hydrogens (tertiary/aromatic N) is 1. The lowest BCUT2D eigenvalue weighted by molar-refractivity contribution is 0.259. The molecular formula is C10H8BrN3O. The number of carbonyl (C=O) groups is 1. The molecule has 0 aliphatic heterocycles. The van der Waals surface area contributed by atoms with Crippen molar-refractivity contribution in [3.05, 3.63) is 34.8 Å². The summed E-state index contributed by atoms with van der Waals surface area (Å²) < 4.78 is 0.872.